The first-order valence-corrected chi connectivity index (χ1v) is 8.58. The van der Waals surface area contributed by atoms with Crippen LogP contribution in [0.2, 0.25) is 5.02 Å². The van der Waals surface area contributed by atoms with Gasteiger partial charge >= 0.3 is 0 Å². The molecular formula is C19H21ClN4O3. The second kappa shape index (κ2) is 9.59. The quantitative estimate of drug-likeness (QED) is 0.384. The first-order chi connectivity index (χ1) is 12.8. The minimum absolute atomic E-state index is 0.0566. The van der Waals surface area contributed by atoms with E-state index in [0.29, 0.717) is 16.4 Å². The van der Waals surface area contributed by atoms with Gasteiger partial charge in [0.05, 0.1) is 17.1 Å². The average molecular weight is 389 g/mol. The molecular weight excluding hydrogens is 368 g/mol. The molecule has 0 saturated heterocycles. The van der Waals surface area contributed by atoms with Crippen LogP contribution in [0.1, 0.15) is 17.5 Å². The van der Waals surface area contributed by atoms with Crippen LogP contribution in [0.3, 0.4) is 0 Å². The molecule has 4 N–H and O–H groups in total. The van der Waals surface area contributed by atoms with Crippen LogP contribution in [-0.4, -0.2) is 24.3 Å². The summed E-state index contributed by atoms with van der Waals surface area (Å²) in [5.74, 6) is -0.828. The van der Waals surface area contributed by atoms with Crippen molar-refractivity contribution in [2.75, 3.05) is 17.2 Å². The monoisotopic (exact) mass is 388 g/mol. The second-order valence-electron chi connectivity index (χ2n) is 5.93. The standard InChI is InChI=1S/C19H21ClN4O3/c1-12-7-8-15(13(2)9-12)22-19(26)11-27-24-17(21)10-18(25)23-16-6-4-3-5-14(16)20/h3-9H,10-11H2,1-2H3,(H2,21,24)(H,22,26)(H,23,25). The fourth-order valence-corrected chi connectivity index (χ4v) is 2.45. The van der Waals surface area contributed by atoms with E-state index in [1.165, 1.54) is 0 Å². The Kier molecular flexibility index (Phi) is 7.19. The lowest BCUT2D eigenvalue weighted by molar-refractivity contribution is -0.120. The minimum atomic E-state index is -0.396. The van der Waals surface area contributed by atoms with Crippen LogP contribution in [0.5, 0.6) is 0 Å². The number of halogens is 1. The molecule has 2 aromatic carbocycles. The lowest BCUT2D eigenvalue weighted by Gasteiger charge is -2.09. The maximum Gasteiger partial charge on any atom is 0.265 e. The molecule has 0 heterocycles. The minimum Gasteiger partial charge on any atom is -0.384 e. The van der Waals surface area contributed by atoms with Crippen molar-refractivity contribution in [3.05, 3.63) is 58.6 Å². The molecule has 2 rings (SSSR count). The molecule has 0 spiro atoms. The molecule has 0 aromatic heterocycles. The maximum absolute atomic E-state index is 11.9. The summed E-state index contributed by atoms with van der Waals surface area (Å²) in [4.78, 5) is 28.7. The fourth-order valence-electron chi connectivity index (χ4n) is 2.27. The van der Waals surface area contributed by atoms with Crippen molar-refractivity contribution >= 4 is 40.6 Å². The van der Waals surface area contributed by atoms with Gasteiger partial charge in [0.25, 0.3) is 5.91 Å². The Bertz CT molecular complexity index is 868. The molecule has 142 valence electrons. The summed E-state index contributed by atoms with van der Waals surface area (Å²) >= 11 is 5.96. The van der Waals surface area contributed by atoms with Crippen LogP contribution in [0, 0.1) is 13.8 Å². The molecule has 0 fully saturated rings. The third-order valence-corrected chi connectivity index (χ3v) is 3.85. The number of hydrogen-bond donors (Lipinski definition) is 3. The number of aryl methyl sites for hydroxylation is 2. The van der Waals surface area contributed by atoms with Crippen molar-refractivity contribution in [2.24, 2.45) is 10.9 Å². The zero-order valence-electron chi connectivity index (χ0n) is 15.1. The zero-order valence-corrected chi connectivity index (χ0v) is 15.8. The number of amidine groups is 1. The molecule has 0 aliphatic heterocycles. The van der Waals surface area contributed by atoms with Crippen molar-refractivity contribution in [1.82, 2.24) is 0 Å². The average Bonchev–Trinajstić information content (AvgIpc) is 2.59. The summed E-state index contributed by atoms with van der Waals surface area (Å²) < 4.78 is 0. The Labute approximate surface area is 162 Å². The summed E-state index contributed by atoms with van der Waals surface area (Å²) in [6.07, 6.45) is -0.191. The SMILES string of the molecule is Cc1ccc(NC(=O)CON=C(N)CC(=O)Nc2ccccc2Cl)c(C)c1. The van der Waals surface area contributed by atoms with E-state index in [-0.39, 0.29) is 24.8 Å². The number of rotatable bonds is 7. The predicted molar refractivity (Wildman–Crippen MR) is 107 cm³/mol. The number of carbonyl (C=O) groups is 2. The molecule has 0 bridgehead atoms. The number of anilines is 2. The van der Waals surface area contributed by atoms with E-state index in [9.17, 15) is 9.59 Å². The number of nitrogens with zero attached hydrogens (tertiary/aromatic N) is 1. The van der Waals surface area contributed by atoms with E-state index >= 15 is 0 Å². The highest BCUT2D eigenvalue weighted by Crippen LogP contribution is 2.20. The van der Waals surface area contributed by atoms with Crippen molar-refractivity contribution in [3.8, 4) is 0 Å². The van der Waals surface area contributed by atoms with E-state index in [1.807, 2.05) is 32.0 Å². The van der Waals surface area contributed by atoms with Crippen molar-refractivity contribution in [1.29, 1.82) is 0 Å². The van der Waals surface area contributed by atoms with Crippen molar-refractivity contribution in [2.45, 2.75) is 20.3 Å². The van der Waals surface area contributed by atoms with E-state index < -0.39 is 5.91 Å². The highest BCUT2D eigenvalue weighted by Gasteiger charge is 2.09. The van der Waals surface area contributed by atoms with E-state index in [4.69, 9.17) is 22.2 Å². The van der Waals surface area contributed by atoms with E-state index in [2.05, 4.69) is 15.8 Å². The molecule has 2 aromatic rings. The summed E-state index contributed by atoms with van der Waals surface area (Å²) in [6, 6.07) is 12.5. The Hall–Kier alpha value is -3.06. The first-order valence-electron chi connectivity index (χ1n) is 8.21. The predicted octanol–water partition coefficient (Wildman–Crippen LogP) is 3.21. The van der Waals surface area contributed by atoms with Crippen LogP contribution in [-0.2, 0) is 14.4 Å². The number of oxime groups is 1. The molecule has 0 radical (unpaired) electrons. The molecule has 0 saturated carbocycles. The number of amides is 2. The van der Waals surface area contributed by atoms with Gasteiger partial charge in [-0.1, -0.05) is 46.6 Å². The molecule has 0 aliphatic carbocycles. The summed E-state index contributed by atoms with van der Waals surface area (Å²) in [6.45, 7) is 3.55. The third kappa shape index (κ3) is 6.63. The number of hydrogen-bond acceptors (Lipinski definition) is 4. The number of para-hydroxylation sites is 1. The largest absolute Gasteiger partial charge is 0.384 e. The summed E-state index contributed by atoms with van der Waals surface area (Å²) in [7, 11) is 0. The third-order valence-electron chi connectivity index (χ3n) is 3.52. The second-order valence-corrected chi connectivity index (χ2v) is 6.33. The molecule has 0 aliphatic rings. The van der Waals surface area contributed by atoms with Crippen LogP contribution in [0.4, 0.5) is 11.4 Å². The molecule has 2 amide bonds. The van der Waals surface area contributed by atoms with Crippen LogP contribution >= 0.6 is 11.6 Å². The van der Waals surface area contributed by atoms with Gasteiger partial charge in [0.1, 0.15) is 5.84 Å². The van der Waals surface area contributed by atoms with Gasteiger partial charge in [0.2, 0.25) is 5.91 Å². The van der Waals surface area contributed by atoms with Gasteiger partial charge in [-0.15, -0.1) is 0 Å². The van der Waals surface area contributed by atoms with Gasteiger partial charge < -0.3 is 21.2 Å². The van der Waals surface area contributed by atoms with Crippen molar-refractivity contribution < 1.29 is 14.4 Å². The molecule has 8 heteroatoms. The smallest absolute Gasteiger partial charge is 0.265 e. The summed E-state index contributed by atoms with van der Waals surface area (Å²) in [5, 5.41) is 9.34. The molecule has 0 atom stereocenters. The lowest BCUT2D eigenvalue weighted by Crippen LogP contribution is -2.23. The normalized spacial score (nSPS) is 11.0. The Morgan fingerprint density at radius 3 is 2.48 bits per heavy atom. The van der Waals surface area contributed by atoms with E-state index in [1.54, 1.807) is 24.3 Å². The Balaban J connectivity index is 1.78. The molecule has 0 unspecified atom stereocenters. The highest BCUT2D eigenvalue weighted by atomic mass is 35.5. The van der Waals surface area contributed by atoms with Gasteiger partial charge in [-0.05, 0) is 37.6 Å². The number of nitrogens with two attached hydrogens (primary N) is 1. The van der Waals surface area contributed by atoms with Gasteiger partial charge in [0, 0.05) is 5.69 Å². The Morgan fingerprint density at radius 2 is 1.78 bits per heavy atom. The summed E-state index contributed by atoms with van der Waals surface area (Å²) in [5.41, 5.74) is 8.87. The number of benzene rings is 2. The van der Waals surface area contributed by atoms with Gasteiger partial charge in [-0.25, -0.2) is 0 Å². The van der Waals surface area contributed by atoms with Crippen LogP contribution in [0.25, 0.3) is 0 Å². The molecule has 27 heavy (non-hydrogen) atoms. The van der Waals surface area contributed by atoms with Gasteiger partial charge in [-0.3, -0.25) is 9.59 Å². The van der Waals surface area contributed by atoms with Crippen LogP contribution < -0.4 is 16.4 Å². The van der Waals surface area contributed by atoms with E-state index in [0.717, 1.165) is 11.1 Å². The molecule has 7 nitrogen and oxygen atoms in total. The lowest BCUT2D eigenvalue weighted by atomic mass is 10.1. The topological polar surface area (TPSA) is 106 Å². The van der Waals surface area contributed by atoms with Crippen LogP contribution in [0.15, 0.2) is 47.6 Å². The first kappa shape index (κ1) is 20.3. The van der Waals surface area contributed by atoms with Crippen molar-refractivity contribution in [3.63, 3.8) is 0 Å². The highest BCUT2D eigenvalue weighted by molar-refractivity contribution is 6.33. The maximum atomic E-state index is 11.9. The zero-order chi connectivity index (χ0) is 19.8. The number of carbonyl (C=O) groups excluding carboxylic acids is 2. The van der Waals surface area contributed by atoms with Gasteiger partial charge in [-0.2, -0.15) is 0 Å². The number of nitrogens with one attached hydrogen (secondary N) is 2. The Morgan fingerprint density at radius 1 is 1.07 bits per heavy atom. The fraction of sp³-hybridized carbons (Fsp3) is 0.211. The van der Waals surface area contributed by atoms with Gasteiger partial charge in [0.15, 0.2) is 6.61 Å².